The lowest BCUT2D eigenvalue weighted by Gasteiger charge is -2.03. The molecule has 0 fully saturated rings. The van der Waals surface area contributed by atoms with E-state index in [1.807, 2.05) is 24.4 Å². The highest BCUT2D eigenvalue weighted by Crippen LogP contribution is 2.35. The summed E-state index contributed by atoms with van der Waals surface area (Å²) in [6.45, 7) is 0.500. The molecule has 2 N–H and O–H groups in total. The Labute approximate surface area is 152 Å². The number of aromatic nitrogens is 1. The van der Waals surface area contributed by atoms with E-state index in [-0.39, 0.29) is 11.7 Å². The summed E-state index contributed by atoms with van der Waals surface area (Å²) in [5.41, 5.74) is 2.24. The van der Waals surface area contributed by atoms with Crippen LogP contribution in [0, 0.1) is 5.82 Å². The number of carbonyl (C=O) groups is 1. The molecule has 126 valence electrons. The quantitative estimate of drug-likeness (QED) is 0.511. The maximum Gasteiger partial charge on any atom is 0.262 e. The number of fused-ring (bicyclic) bond motifs is 2. The molecule has 25 heavy (non-hydrogen) atoms. The fraction of sp³-hybridized carbons (Fsp3) is 0.105. The number of nitrogens with one attached hydrogen (secondary N) is 2. The second-order valence-corrected chi connectivity index (χ2v) is 7.18. The first-order chi connectivity index (χ1) is 12.1. The summed E-state index contributed by atoms with van der Waals surface area (Å²) in [7, 11) is 0. The van der Waals surface area contributed by atoms with Crippen molar-refractivity contribution in [2.75, 3.05) is 6.54 Å². The number of H-pyrrole nitrogens is 1. The molecule has 6 heteroatoms. The average molecular weight is 373 g/mol. The molecule has 0 radical (unpaired) electrons. The van der Waals surface area contributed by atoms with Crippen LogP contribution in [0.4, 0.5) is 4.39 Å². The Bertz CT molecular complexity index is 1090. The van der Waals surface area contributed by atoms with E-state index in [9.17, 15) is 9.18 Å². The SMILES string of the molecule is O=C(NCCc1c[nH]c2ccccc12)c1sc2cc(F)ccc2c1Cl. The van der Waals surface area contributed by atoms with Gasteiger partial charge in [-0.2, -0.15) is 0 Å². The Morgan fingerprint density at radius 1 is 1.20 bits per heavy atom. The zero-order chi connectivity index (χ0) is 17.4. The van der Waals surface area contributed by atoms with Crippen LogP contribution < -0.4 is 5.32 Å². The molecule has 0 bridgehead atoms. The standard InChI is InChI=1S/C19H14ClFN2OS/c20-17-14-6-5-12(21)9-16(14)25-18(17)19(24)22-8-7-11-10-23-15-4-2-1-3-13(11)15/h1-6,9-10,23H,7-8H2,(H,22,24). The number of halogens is 2. The van der Waals surface area contributed by atoms with Gasteiger partial charge in [0.1, 0.15) is 10.7 Å². The van der Waals surface area contributed by atoms with Gasteiger partial charge in [0.05, 0.1) is 5.02 Å². The third kappa shape index (κ3) is 3.01. The van der Waals surface area contributed by atoms with Gasteiger partial charge in [-0.3, -0.25) is 4.79 Å². The zero-order valence-corrected chi connectivity index (χ0v) is 14.7. The molecule has 0 aliphatic rings. The first-order valence-corrected chi connectivity index (χ1v) is 9.03. The second kappa shape index (κ2) is 6.50. The Balaban J connectivity index is 1.48. The minimum Gasteiger partial charge on any atom is -0.361 e. The van der Waals surface area contributed by atoms with E-state index in [1.165, 1.54) is 23.5 Å². The molecule has 4 aromatic rings. The lowest BCUT2D eigenvalue weighted by Crippen LogP contribution is -2.25. The Hall–Kier alpha value is -2.37. The van der Waals surface area contributed by atoms with Crippen molar-refractivity contribution in [2.24, 2.45) is 0 Å². The Kier molecular flexibility index (Phi) is 4.19. The lowest BCUT2D eigenvalue weighted by atomic mass is 10.1. The fourth-order valence-corrected chi connectivity index (χ4v) is 4.37. The normalized spacial score (nSPS) is 11.3. The molecule has 2 heterocycles. The number of para-hydroxylation sites is 1. The van der Waals surface area contributed by atoms with Crippen LogP contribution in [-0.2, 0) is 6.42 Å². The van der Waals surface area contributed by atoms with Crippen molar-refractivity contribution in [1.82, 2.24) is 10.3 Å². The van der Waals surface area contributed by atoms with Gasteiger partial charge in [0.2, 0.25) is 0 Å². The molecule has 0 saturated carbocycles. The monoisotopic (exact) mass is 372 g/mol. The van der Waals surface area contributed by atoms with Gasteiger partial charge in [0, 0.05) is 33.7 Å². The average Bonchev–Trinajstić information content (AvgIpc) is 3.16. The van der Waals surface area contributed by atoms with Crippen LogP contribution in [-0.4, -0.2) is 17.4 Å². The van der Waals surface area contributed by atoms with Gasteiger partial charge in [0.15, 0.2) is 0 Å². The number of thiophene rings is 1. The van der Waals surface area contributed by atoms with Crippen molar-refractivity contribution >= 4 is 49.8 Å². The maximum atomic E-state index is 13.3. The maximum absolute atomic E-state index is 13.3. The van der Waals surface area contributed by atoms with Crippen molar-refractivity contribution in [1.29, 1.82) is 0 Å². The van der Waals surface area contributed by atoms with Crippen LogP contribution in [0.15, 0.2) is 48.7 Å². The minimum absolute atomic E-state index is 0.230. The van der Waals surface area contributed by atoms with E-state index in [1.54, 1.807) is 6.07 Å². The van der Waals surface area contributed by atoms with E-state index in [4.69, 9.17) is 11.6 Å². The van der Waals surface area contributed by atoms with E-state index >= 15 is 0 Å². The summed E-state index contributed by atoms with van der Waals surface area (Å²) in [5.74, 6) is -0.567. The molecule has 0 spiro atoms. The van der Waals surface area contributed by atoms with E-state index < -0.39 is 0 Å². The Morgan fingerprint density at radius 2 is 2.04 bits per heavy atom. The number of amides is 1. The molecule has 0 aliphatic heterocycles. The van der Waals surface area contributed by atoms with Crippen molar-refractivity contribution in [3.05, 3.63) is 69.9 Å². The topological polar surface area (TPSA) is 44.9 Å². The van der Waals surface area contributed by atoms with Crippen molar-refractivity contribution < 1.29 is 9.18 Å². The molecule has 1 amide bonds. The number of hydrogen-bond donors (Lipinski definition) is 2. The van der Waals surface area contributed by atoms with Crippen LogP contribution in [0.1, 0.15) is 15.2 Å². The van der Waals surface area contributed by atoms with Crippen molar-refractivity contribution in [3.63, 3.8) is 0 Å². The first kappa shape index (κ1) is 16.1. The van der Waals surface area contributed by atoms with Gasteiger partial charge < -0.3 is 10.3 Å². The Morgan fingerprint density at radius 3 is 2.92 bits per heavy atom. The molecule has 0 aliphatic carbocycles. The summed E-state index contributed by atoms with van der Waals surface area (Å²) >= 11 is 7.49. The molecule has 0 unspecified atom stereocenters. The second-order valence-electron chi connectivity index (χ2n) is 5.75. The molecule has 0 atom stereocenters. The van der Waals surface area contributed by atoms with Crippen LogP contribution in [0.5, 0.6) is 0 Å². The van der Waals surface area contributed by atoms with Crippen LogP contribution in [0.3, 0.4) is 0 Å². The summed E-state index contributed by atoms with van der Waals surface area (Å²) < 4.78 is 14.0. The van der Waals surface area contributed by atoms with E-state index in [0.29, 0.717) is 33.0 Å². The van der Waals surface area contributed by atoms with Gasteiger partial charge in [-0.1, -0.05) is 29.8 Å². The highest BCUT2D eigenvalue weighted by molar-refractivity contribution is 7.21. The predicted octanol–water partition coefficient (Wildman–Crippen LogP) is 5.15. The summed E-state index contributed by atoms with van der Waals surface area (Å²) in [6.07, 6.45) is 2.68. The fourth-order valence-electron chi connectivity index (χ4n) is 2.91. The third-order valence-corrected chi connectivity index (χ3v) is 5.81. The third-order valence-electron chi connectivity index (χ3n) is 4.15. The smallest absolute Gasteiger partial charge is 0.262 e. The van der Waals surface area contributed by atoms with E-state index in [0.717, 1.165) is 16.5 Å². The lowest BCUT2D eigenvalue weighted by molar-refractivity contribution is 0.0958. The van der Waals surface area contributed by atoms with Gasteiger partial charge in [-0.15, -0.1) is 11.3 Å². The molecule has 2 aromatic carbocycles. The molecular formula is C19H14ClFN2OS. The highest BCUT2D eigenvalue weighted by Gasteiger charge is 2.17. The number of carbonyl (C=O) groups excluding carboxylic acids is 1. The number of aromatic amines is 1. The minimum atomic E-state index is -0.336. The molecule has 3 nitrogen and oxygen atoms in total. The van der Waals surface area contributed by atoms with Crippen molar-refractivity contribution in [3.8, 4) is 0 Å². The summed E-state index contributed by atoms with van der Waals surface area (Å²) in [4.78, 5) is 16.1. The van der Waals surface area contributed by atoms with Gasteiger partial charge in [-0.25, -0.2) is 4.39 Å². The van der Waals surface area contributed by atoms with E-state index in [2.05, 4.69) is 16.4 Å². The molecule has 2 aromatic heterocycles. The zero-order valence-electron chi connectivity index (χ0n) is 13.1. The molecule has 4 rings (SSSR count). The highest BCUT2D eigenvalue weighted by atomic mass is 35.5. The number of benzene rings is 2. The van der Waals surface area contributed by atoms with Crippen LogP contribution >= 0.6 is 22.9 Å². The summed E-state index contributed by atoms with van der Waals surface area (Å²) in [6, 6.07) is 12.4. The summed E-state index contributed by atoms with van der Waals surface area (Å²) in [5, 5.41) is 5.14. The van der Waals surface area contributed by atoms with Crippen molar-refractivity contribution in [2.45, 2.75) is 6.42 Å². The molecular weight excluding hydrogens is 359 g/mol. The van der Waals surface area contributed by atoms with Gasteiger partial charge in [0.25, 0.3) is 5.91 Å². The van der Waals surface area contributed by atoms with Gasteiger partial charge >= 0.3 is 0 Å². The first-order valence-electron chi connectivity index (χ1n) is 7.84. The number of hydrogen-bond acceptors (Lipinski definition) is 2. The predicted molar refractivity (Wildman–Crippen MR) is 101 cm³/mol. The van der Waals surface area contributed by atoms with Crippen LogP contribution in [0.25, 0.3) is 21.0 Å². The van der Waals surface area contributed by atoms with Crippen LogP contribution in [0.2, 0.25) is 5.02 Å². The van der Waals surface area contributed by atoms with Gasteiger partial charge in [-0.05, 0) is 36.2 Å². The molecule has 0 saturated heterocycles. The largest absolute Gasteiger partial charge is 0.361 e. The number of rotatable bonds is 4.